The first-order chi connectivity index (χ1) is 9.69. The third-order valence-corrected chi connectivity index (χ3v) is 3.10. The molecule has 4 nitrogen and oxygen atoms in total. The van der Waals surface area contributed by atoms with E-state index < -0.39 is 0 Å². The molecule has 4 heteroatoms. The number of methoxy groups -OCH3 is 3. The second kappa shape index (κ2) is 8.34. The monoisotopic (exact) mass is 277 g/mol. The Morgan fingerprint density at radius 1 is 1.10 bits per heavy atom. The molecule has 20 heavy (non-hydrogen) atoms. The Labute approximate surface area is 121 Å². The van der Waals surface area contributed by atoms with Crippen LogP contribution in [-0.4, -0.2) is 27.4 Å². The number of nitrogens with one attached hydrogen (secondary N) is 1. The van der Waals surface area contributed by atoms with Gasteiger partial charge in [-0.2, -0.15) is 0 Å². The van der Waals surface area contributed by atoms with Crippen LogP contribution in [-0.2, 0) is 6.54 Å². The summed E-state index contributed by atoms with van der Waals surface area (Å²) in [5.41, 5.74) is 0.988. The van der Waals surface area contributed by atoms with E-state index in [2.05, 4.69) is 18.2 Å². The van der Waals surface area contributed by atoms with E-state index in [9.17, 15) is 0 Å². The summed E-state index contributed by atoms with van der Waals surface area (Å²) in [6.45, 7) is 2.74. The number of hydrogen-bond acceptors (Lipinski definition) is 4. The number of terminal acetylenes is 1. The molecular formula is C16H23NO3. The SMILES string of the molecule is C#CC(CCC)NCc1cc(OC)c(OC)cc1OC. The predicted molar refractivity (Wildman–Crippen MR) is 80.5 cm³/mol. The molecule has 0 saturated carbocycles. The standard InChI is InChI=1S/C16H23NO3/c1-6-8-13(7-2)17-11-12-9-15(19-4)16(20-5)10-14(12)18-3/h2,9-10,13,17H,6,8,11H2,1,3-5H3. The Morgan fingerprint density at radius 3 is 2.20 bits per heavy atom. The molecule has 1 aromatic rings. The molecule has 1 aromatic carbocycles. The maximum absolute atomic E-state index is 5.51. The van der Waals surface area contributed by atoms with E-state index in [-0.39, 0.29) is 6.04 Å². The fourth-order valence-corrected chi connectivity index (χ4v) is 2.00. The van der Waals surface area contributed by atoms with Gasteiger partial charge >= 0.3 is 0 Å². The molecule has 0 aliphatic heterocycles. The van der Waals surface area contributed by atoms with Gasteiger partial charge in [0.1, 0.15) is 5.75 Å². The van der Waals surface area contributed by atoms with Crippen LogP contribution in [0.2, 0.25) is 0 Å². The first-order valence-corrected chi connectivity index (χ1v) is 6.68. The summed E-state index contributed by atoms with van der Waals surface area (Å²) in [5.74, 6) is 4.83. The van der Waals surface area contributed by atoms with Gasteiger partial charge in [0.15, 0.2) is 11.5 Å². The normalized spacial score (nSPS) is 11.6. The van der Waals surface area contributed by atoms with Gasteiger partial charge in [0, 0.05) is 18.2 Å². The lowest BCUT2D eigenvalue weighted by molar-refractivity contribution is 0.347. The van der Waals surface area contributed by atoms with Crippen LogP contribution >= 0.6 is 0 Å². The fraction of sp³-hybridized carbons (Fsp3) is 0.500. The van der Waals surface area contributed by atoms with E-state index >= 15 is 0 Å². The average molecular weight is 277 g/mol. The lowest BCUT2D eigenvalue weighted by atomic mass is 10.1. The molecule has 0 bridgehead atoms. The van der Waals surface area contributed by atoms with Crippen molar-refractivity contribution in [3.05, 3.63) is 17.7 Å². The van der Waals surface area contributed by atoms with Crippen LogP contribution in [0.3, 0.4) is 0 Å². The van der Waals surface area contributed by atoms with Gasteiger partial charge in [-0.1, -0.05) is 19.3 Å². The second-order valence-corrected chi connectivity index (χ2v) is 4.41. The third-order valence-electron chi connectivity index (χ3n) is 3.10. The Balaban J connectivity index is 2.90. The van der Waals surface area contributed by atoms with E-state index in [1.165, 1.54) is 0 Å². The van der Waals surface area contributed by atoms with Crippen molar-refractivity contribution in [1.82, 2.24) is 5.32 Å². The lowest BCUT2D eigenvalue weighted by Crippen LogP contribution is -2.27. The van der Waals surface area contributed by atoms with Gasteiger partial charge in [0.05, 0.1) is 27.4 Å². The maximum atomic E-state index is 5.51. The van der Waals surface area contributed by atoms with Crippen LogP contribution in [0, 0.1) is 12.3 Å². The summed E-state index contributed by atoms with van der Waals surface area (Å²) in [6.07, 6.45) is 7.50. The summed E-state index contributed by atoms with van der Waals surface area (Å²) >= 11 is 0. The van der Waals surface area contributed by atoms with Crippen LogP contribution in [0.15, 0.2) is 12.1 Å². The van der Waals surface area contributed by atoms with Gasteiger partial charge < -0.3 is 14.2 Å². The first kappa shape index (κ1) is 16.2. The zero-order valence-corrected chi connectivity index (χ0v) is 12.7. The minimum atomic E-state index is 0.0674. The molecule has 110 valence electrons. The van der Waals surface area contributed by atoms with Crippen LogP contribution in [0.1, 0.15) is 25.3 Å². The van der Waals surface area contributed by atoms with Crippen LogP contribution in [0.25, 0.3) is 0 Å². The molecule has 0 heterocycles. The molecule has 0 aliphatic carbocycles. The van der Waals surface area contributed by atoms with Crippen molar-refractivity contribution in [3.8, 4) is 29.6 Å². The first-order valence-electron chi connectivity index (χ1n) is 6.68. The topological polar surface area (TPSA) is 39.7 Å². The number of benzene rings is 1. The minimum Gasteiger partial charge on any atom is -0.496 e. The van der Waals surface area contributed by atoms with Crippen molar-refractivity contribution in [3.63, 3.8) is 0 Å². The molecule has 0 saturated heterocycles. The lowest BCUT2D eigenvalue weighted by Gasteiger charge is -2.16. The summed E-state index contributed by atoms with van der Waals surface area (Å²) in [5, 5.41) is 3.34. The highest BCUT2D eigenvalue weighted by Gasteiger charge is 2.12. The Hall–Kier alpha value is -1.86. The van der Waals surface area contributed by atoms with Gasteiger partial charge in [-0.25, -0.2) is 0 Å². The van der Waals surface area contributed by atoms with E-state index in [1.807, 2.05) is 12.1 Å². The third kappa shape index (κ3) is 4.07. The van der Waals surface area contributed by atoms with Gasteiger partial charge in [0.25, 0.3) is 0 Å². The van der Waals surface area contributed by atoms with E-state index in [0.717, 1.165) is 24.2 Å². The van der Waals surface area contributed by atoms with Crippen molar-refractivity contribution in [1.29, 1.82) is 0 Å². The second-order valence-electron chi connectivity index (χ2n) is 4.41. The molecule has 1 atom stereocenters. The van der Waals surface area contributed by atoms with Gasteiger partial charge in [-0.3, -0.25) is 5.32 Å². The highest BCUT2D eigenvalue weighted by atomic mass is 16.5. The molecule has 1 N–H and O–H groups in total. The molecule has 1 rings (SSSR count). The Morgan fingerprint density at radius 2 is 1.70 bits per heavy atom. The molecule has 0 aliphatic rings. The van der Waals surface area contributed by atoms with Gasteiger partial charge in [0.2, 0.25) is 0 Å². The van der Waals surface area contributed by atoms with E-state index in [0.29, 0.717) is 18.0 Å². The fourth-order valence-electron chi connectivity index (χ4n) is 2.00. The van der Waals surface area contributed by atoms with Crippen LogP contribution < -0.4 is 19.5 Å². The summed E-state index contributed by atoms with van der Waals surface area (Å²) in [7, 11) is 4.85. The zero-order valence-electron chi connectivity index (χ0n) is 12.7. The summed E-state index contributed by atoms with van der Waals surface area (Å²) in [4.78, 5) is 0. The van der Waals surface area contributed by atoms with Gasteiger partial charge in [-0.05, 0) is 12.5 Å². The summed E-state index contributed by atoms with van der Waals surface area (Å²) < 4.78 is 16.0. The maximum Gasteiger partial charge on any atom is 0.164 e. The van der Waals surface area contributed by atoms with E-state index in [1.54, 1.807) is 21.3 Å². The van der Waals surface area contributed by atoms with Crippen molar-refractivity contribution in [2.75, 3.05) is 21.3 Å². The molecule has 0 aromatic heterocycles. The van der Waals surface area contributed by atoms with Crippen molar-refractivity contribution in [2.45, 2.75) is 32.4 Å². The highest BCUT2D eigenvalue weighted by molar-refractivity contribution is 5.50. The average Bonchev–Trinajstić information content (AvgIpc) is 2.50. The Kier molecular flexibility index (Phi) is 6.75. The van der Waals surface area contributed by atoms with Crippen molar-refractivity contribution >= 4 is 0 Å². The van der Waals surface area contributed by atoms with E-state index in [4.69, 9.17) is 20.6 Å². The smallest absolute Gasteiger partial charge is 0.164 e. The minimum absolute atomic E-state index is 0.0674. The van der Waals surface area contributed by atoms with Crippen LogP contribution in [0.5, 0.6) is 17.2 Å². The van der Waals surface area contributed by atoms with Crippen molar-refractivity contribution in [2.24, 2.45) is 0 Å². The summed E-state index contributed by atoms with van der Waals surface area (Å²) in [6, 6.07) is 3.79. The Bertz CT molecular complexity index is 466. The molecule has 1 unspecified atom stereocenters. The number of ether oxygens (including phenoxy) is 3. The predicted octanol–water partition coefficient (Wildman–Crippen LogP) is 2.60. The molecule has 0 amide bonds. The highest BCUT2D eigenvalue weighted by Crippen LogP contribution is 2.34. The molecule has 0 spiro atoms. The number of hydrogen-bond donors (Lipinski definition) is 1. The van der Waals surface area contributed by atoms with Gasteiger partial charge in [-0.15, -0.1) is 6.42 Å². The molecule has 0 fully saturated rings. The largest absolute Gasteiger partial charge is 0.496 e. The molecular weight excluding hydrogens is 254 g/mol. The van der Waals surface area contributed by atoms with Crippen LogP contribution in [0.4, 0.5) is 0 Å². The molecule has 0 radical (unpaired) electrons. The number of rotatable bonds is 8. The van der Waals surface area contributed by atoms with Crippen molar-refractivity contribution < 1.29 is 14.2 Å². The zero-order chi connectivity index (χ0) is 15.0. The quantitative estimate of drug-likeness (QED) is 0.741.